The molecular formula is C22H23FN2O3. The van der Waals surface area contributed by atoms with Crippen molar-refractivity contribution in [2.45, 2.75) is 39.0 Å². The summed E-state index contributed by atoms with van der Waals surface area (Å²) >= 11 is 0. The summed E-state index contributed by atoms with van der Waals surface area (Å²) in [5.74, 6) is -1.06. The first-order chi connectivity index (χ1) is 13.5. The van der Waals surface area contributed by atoms with Crippen LogP contribution >= 0.6 is 0 Å². The zero-order valence-electron chi connectivity index (χ0n) is 15.7. The Labute approximate surface area is 162 Å². The molecule has 0 aliphatic carbocycles. The van der Waals surface area contributed by atoms with E-state index < -0.39 is 5.82 Å². The number of aromatic nitrogens is 1. The number of para-hydroxylation sites is 1. The zero-order valence-corrected chi connectivity index (χ0v) is 15.7. The van der Waals surface area contributed by atoms with E-state index in [-0.39, 0.29) is 18.1 Å². The van der Waals surface area contributed by atoms with E-state index in [0.29, 0.717) is 32.8 Å². The van der Waals surface area contributed by atoms with E-state index in [0.717, 1.165) is 25.7 Å². The van der Waals surface area contributed by atoms with Crippen molar-refractivity contribution >= 4 is 28.3 Å². The standard InChI is InChI=1S/C22H23FN2O3/c1-2-3-4-5-9-20(26)25(28)19-14-24-21-17(19)7-6-8-18(21)22(27)15-10-12-16(23)13-11-15/h6-8,10-14,24,28H,2-5,9H2,1H3. The van der Waals surface area contributed by atoms with E-state index in [4.69, 9.17) is 0 Å². The van der Waals surface area contributed by atoms with Crippen LogP contribution in [0.5, 0.6) is 0 Å². The molecule has 0 aliphatic rings. The first-order valence-electron chi connectivity index (χ1n) is 9.45. The van der Waals surface area contributed by atoms with Crippen LogP contribution in [0.4, 0.5) is 10.1 Å². The third kappa shape index (κ3) is 4.12. The number of anilines is 1. The molecule has 1 aromatic heterocycles. The molecule has 0 unspecified atom stereocenters. The SMILES string of the molecule is CCCCCCC(=O)N(O)c1c[nH]c2c(C(=O)c3ccc(F)cc3)cccc12. The van der Waals surface area contributed by atoms with Crippen molar-refractivity contribution in [3.8, 4) is 0 Å². The second kappa shape index (κ2) is 8.80. The first-order valence-corrected chi connectivity index (χ1v) is 9.45. The summed E-state index contributed by atoms with van der Waals surface area (Å²) in [5, 5.41) is 11.6. The van der Waals surface area contributed by atoms with Crippen molar-refractivity contribution in [3.05, 3.63) is 65.6 Å². The Morgan fingerprint density at radius 2 is 1.82 bits per heavy atom. The van der Waals surface area contributed by atoms with Crippen LogP contribution in [0.25, 0.3) is 10.9 Å². The van der Waals surface area contributed by atoms with Gasteiger partial charge in [-0.15, -0.1) is 0 Å². The van der Waals surface area contributed by atoms with Gasteiger partial charge in [-0.1, -0.05) is 38.3 Å². The van der Waals surface area contributed by atoms with Crippen molar-refractivity contribution in [1.82, 2.24) is 4.98 Å². The van der Waals surface area contributed by atoms with E-state index in [1.54, 1.807) is 18.2 Å². The van der Waals surface area contributed by atoms with Gasteiger partial charge in [-0.25, -0.2) is 4.39 Å². The number of ketones is 1. The quantitative estimate of drug-likeness (QED) is 0.242. The Hall–Kier alpha value is -2.99. The lowest BCUT2D eigenvalue weighted by Crippen LogP contribution is -2.26. The monoisotopic (exact) mass is 382 g/mol. The number of fused-ring (bicyclic) bond motifs is 1. The number of aromatic amines is 1. The summed E-state index contributed by atoms with van der Waals surface area (Å²) in [6.07, 6.45) is 5.57. The van der Waals surface area contributed by atoms with Crippen LogP contribution < -0.4 is 5.06 Å². The molecular weight excluding hydrogens is 359 g/mol. The molecule has 0 radical (unpaired) electrons. The average molecular weight is 382 g/mol. The average Bonchev–Trinajstić information content (AvgIpc) is 3.14. The predicted octanol–water partition coefficient (Wildman–Crippen LogP) is 5.23. The molecule has 3 aromatic rings. The number of hydrogen-bond donors (Lipinski definition) is 2. The summed E-state index contributed by atoms with van der Waals surface area (Å²) in [4.78, 5) is 28.1. The van der Waals surface area contributed by atoms with Gasteiger partial charge in [0.2, 0.25) is 0 Å². The maximum absolute atomic E-state index is 13.1. The second-order valence-corrected chi connectivity index (χ2v) is 6.75. The van der Waals surface area contributed by atoms with E-state index in [9.17, 15) is 19.2 Å². The van der Waals surface area contributed by atoms with E-state index >= 15 is 0 Å². The highest BCUT2D eigenvalue weighted by Gasteiger charge is 2.20. The highest BCUT2D eigenvalue weighted by Crippen LogP contribution is 2.30. The fraction of sp³-hybridized carbons (Fsp3) is 0.273. The minimum atomic E-state index is -0.412. The number of hydroxylamine groups is 1. The normalized spacial score (nSPS) is 11.0. The smallest absolute Gasteiger partial charge is 0.250 e. The van der Waals surface area contributed by atoms with Crippen LogP contribution in [-0.4, -0.2) is 21.9 Å². The molecule has 0 saturated carbocycles. The van der Waals surface area contributed by atoms with Crippen molar-refractivity contribution in [3.63, 3.8) is 0 Å². The van der Waals surface area contributed by atoms with Crippen molar-refractivity contribution < 1.29 is 19.2 Å². The molecule has 0 spiro atoms. The Morgan fingerprint density at radius 1 is 1.07 bits per heavy atom. The molecule has 28 heavy (non-hydrogen) atoms. The number of rotatable bonds is 8. The summed E-state index contributed by atoms with van der Waals surface area (Å²) in [5.41, 5.74) is 1.57. The number of halogens is 1. The topological polar surface area (TPSA) is 73.4 Å². The molecule has 2 N–H and O–H groups in total. The summed E-state index contributed by atoms with van der Waals surface area (Å²) in [7, 11) is 0. The second-order valence-electron chi connectivity index (χ2n) is 6.75. The maximum atomic E-state index is 13.1. The number of nitrogens with one attached hydrogen (secondary N) is 1. The largest absolute Gasteiger partial charge is 0.359 e. The molecule has 0 aliphatic heterocycles. The van der Waals surface area contributed by atoms with E-state index in [1.165, 1.54) is 30.5 Å². The molecule has 6 heteroatoms. The van der Waals surface area contributed by atoms with Gasteiger partial charge in [0.05, 0.1) is 11.2 Å². The van der Waals surface area contributed by atoms with Crippen LogP contribution in [0, 0.1) is 5.82 Å². The third-order valence-corrected chi connectivity index (χ3v) is 4.75. The molecule has 0 saturated heterocycles. The highest BCUT2D eigenvalue weighted by atomic mass is 19.1. The van der Waals surface area contributed by atoms with E-state index in [1.807, 2.05) is 0 Å². The van der Waals surface area contributed by atoms with Gasteiger partial charge in [0, 0.05) is 29.1 Å². The number of nitrogens with zero attached hydrogens (tertiary/aromatic N) is 1. The first kappa shape index (κ1) is 19.8. The number of carbonyl (C=O) groups excluding carboxylic acids is 2. The molecule has 0 fully saturated rings. The van der Waals surface area contributed by atoms with Gasteiger partial charge in [0.1, 0.15) is 5.82 Å². The Bertz CT molecular complexity index is 979. The van der Waals surface area contributed by atoms with Gasteiger partial charge in [0.25, 0.3) is 5.91 Å². The van der Waals surface area contributed by atoms with Gasteiger partial charge >= 0.3 is 0 Å². The number of carbonyl (C=O) groups is 2. The Balaban J connectivity index is 1.85. The summed E-state index contributed by atoms with van der Waals surface area (Å²) < 4.78 is 13.1. The molecule has 0 bridgehead atoms. The van der Waals surface area contributed by atoms with Crippen LogP contribution in [0.2, 0.25) is 0 Å². The fourth-order valence-corrected chi connectivity index (χ4v) is 3.20. The number of hydrogen-bond acceptors (Lipinski definition) is 3. The molecule has 2 aromatic carbocycles. The Kier molecular flexibility index (Phi) is 6.21. The van der Waals surface area contributed by atoms with Gasteiger partial charge < -0.3 is 4.98 Å². The lowest BCUT2D eigenvalue weighted by atomic mass is 10.0. The Morgan fingerprint density at radius 3 is 2.54 bits per heavy atom. The van der Waals surface area contributed by atoms with Gasteiger partial charge in [-0.05, 0) is 36.8 Å². The van der Waals surface area contributed by atoms with Crippen molar-refractivity contribution in [2.75, 3.05) is 5.06 Å². The molecule has 1 heterocycles. The molecule has 3 rings (SSSR count). The predicted molar refractivity (Wildman–Crippen MR) is 106 cm³/mol. The lowest BCUT2D eigenvalue weighted by Gasteiger charge is -2.14. The number of H-pyrrole nitrogens is 1. The minimum Gasteiger partial charge on any atom is -0.359 e. The van der Waals surface area contributed by atoms with Crippen LogP contribution in [0.15, 0.2) is 48.7 Å². The van der Waals surface area contributed by atoms with Gasteiger partial charge in [0.15, 0.2) is 5.78 Å². The lowest BCUT2D eigenvalue weighted by molar-refractivity contribution is -0.123. The maximum Gasteiger partial charge on any atom is 0.250 e. The van der Waals surface area contributed by atoms with Gasteiger partial charge in [-0.3, -0.25) is 14.8 Å². The molecule has 5 nitrogen and oxygen atoms in total. The van der Waals surface area contributed by atoms with E-state index in [2.05, 4.69) is 11.9 Å². The van der Waals surface area contributed by atoms with Crippen LogP contribution in [0.3, 0.4) is 0 Å². The summed E-state index contributed by atoms with van der Waals surface area (Å²) in [6.45, 7) is 2.09. The minimum absolute atomic E-state index is 0.261. The van der Waals surface area contributed by atoms with Gasteiger partial charge in [-0.2, -0.15) is 5.06 Å². The third-order valence-electron chi connectivity index (χ3n) is 4.75. The number of benzene rings is 2. The number of unbranched alkanes of at least 4 members (excludes halogenated alkanes) is 3. The highest BCUT2D eigenvalue weighted by molar-refractivity contribution is 6.17. The summed E-state index contributed by atoms with van der Waals surface area (Å²) in [6, 6.07) is 10.4. The molecule has 0 atom stereocenters. The van der Waals surface area contributed by atoms with Crippen LogP contribution in [0.1, 0.15) is 54.9 Å². The molecule has 1 amide bonds. The van der Waals surface area contributed by atoms with Crippen molar-refractivity contribution in [1.29, 1.82) is 0 Å². The number of amides is 1. The zero-order chi connectivity index (χ0) is 20.1. The van der Waals surface area contributed by atoms with Crippen molar-refractivity contribution in [2.24, 2.45) is 0 Å². The molecule has 146 valence electrons. The van der Waals surface area contributed by atoms with Crippen LogP contribution in [-0.2, 0) is 4.79 Å². The fourth-order valence-electron chi connectivity index (χ4n) is 3.20.